The van der Waals surface area contributed by atoms with Crippen LogP contribution in [0.15, 0.2) is 0 Å². The average Bonchev–Trinajstić information content (AvgIpc) is 3.12. The lowest BCUT2D eigenvalue weighted by Gasteiger charge is -2.48. The second-order valence-corrected chi connectivity index (χ2v) is 9.47. The third kappa shape index (κ3) is 2.70. The Morgan fingerprint density at radius 3 is 2.22 bits per heavy atom. The second kappa shape index (κ2) is 6.49. The molecular formula is C21H33N3O3. The van der Waals surface area contributed by atoms with Crippen molar-refractivity contribution in [2.45, 2.75) is 52.9 Å². The number of carbonyl (C=O) groups is 3. The lowest BCUT2D eigenvalue weighted by Crippen LogP contribution is -2.54. The van der Waals surface area contributed by atoms with E-state index in [9.17, 15) is 14.4 Å². The maximum atomic E-state index is 13.3. The van der Waals surface area contributed by atoms with Gasteiger partial charge < -0.3 is 14.7 Å². The van der Waals surface area contributed by atoms with Crippen LogP contribution in [0.25, 0.3) is 0 Å². The second-order valence-electron chi connectivity index (χ2n) is 9.47. The number of hydrogen-bond donors (Lipinski definition) is 0. The van der Waals surface area contributed by atoms with E-state index in [2.05, 4.69) is 6.92 Å². The molecule has 3 saturated heterocycles. The molecule has 0 bridgehead atoms. The lowest BCUT2D eigenvalue weighted by molar-refractivity contribution is -0.147. The zero-order valence-corrected chi connectivity index (χ0v) is 17.0. The fourth-order valence-electron chi connectivity index (χ4n) is 6.22. The van der Waals surface area contributed by atoms with E-state index >= 15 is 0 Å². The maximum absolute atomic E-state index is 13.3. The monoisotopic (exact) mass is 375 g/mol. The number of nitrogens with zero attached hydrogens (tertiary/aromatic N) is 3. The molecule has 6 heteroatoms. The van der Waals surface area contributed by atoms with Gasteiger partial charge in [0.2, 0.25) is 17.7 Å². The first kappa shape index (κ1) is 18.8. The Labute approximate surface area is 162 Å². The third-order valence-corrected chi connectivity index (χ3v) is 8.06. The summed E-state index contributed by atoms with van der Waals surface area (Å²) in [4.78, 5) is 44.1. The maximum Gasteiger partial charge on any atom is 0.231 e. The number of carbonyl (C=O) groups excluding carboxylic acids is 3. The summed E-state index contributed by atoms with van der Waals surface area (Å²) in [5.41, 5.74) is -0.599. The van der Waals surface area contributed by atoms with E-state index in [4.69, 9.17) is 0 Å². The van der Waals surface area contributed by atoms with Gasteiger partial charge in [-0.25, -0.2) is 0 Å². The van der Waals surface area contributed by atoms with Crippen molar-refractivity contribution in [2.75, 3.05) is 39.3 Å². The molecule has 150 valence electrons. The van der Waals surface area contributed by atoms with Crippen molar-refractivity contribution in [1.29, 1.82) is 0 Å². The van der Waals surface area contributed by atoms with Crippen LogP contribution in [0.3, 0.4) is 0 Å². The van der Waals surface area contributed by atoms with E-state index < -0.39 is 5.41 Å². The van der Waals surface area contributed by atoms with Crippen LogP contribution in [0.5, 0.6) is 0 Å². The highest BCUT2D eigenvalue weighted by Crippen LogP contribution is 2.58. The van der Waals surface area contributed by atoms with Crippen LogP contribution in [0, 0.1) is 22.7 Å². The molecule has 0 N–H and O–H groups in total. The molecule has 4 fully saturated rings. The SMILES string of the molecule is CCN1CCC2(CN(C(C)=O)CC23CCN(C(=O)C2CC(C)C2)CC3)C1=O. The van der Waals surface area contributed by atoms with Crippen molar-refractivity contribution in [1.82, 2.24) is 14.7 Å². The van der Waals surface area contributed by atoms with Crippen LogP contribution in [0.4, 0.5) is 0 Å². The van der Waals surface area contributed by atoms with E-state index in [1.165, 1.54) is 0 Å². The highest BCUT2D eigenvalue weighted by atomic mass is 16.2. The van der Waals surface area contributed by atoms with E-state index in [-0.39, 0.29) is 23.1 Å². The molecule has 1 atom stereocenters. The Balaban J connectivity index is 1.53. The van der Waals surface area contributed by atoms with Gasteiger partial charge in [0.1, 0.15) is 0 Å². The Kier molecular flexibility index (Phi) is 4.51. The molecule has 27 heavy (non-hydrogen) atoms. The molecule has 0 aromatic carbocycles. The fourth-order valence-corrected chi connectivity index (χ4v) is 6.22. The van der Waals surface area contributed by atoms with Gasteiger partial charge in [-0.2, -0.15) is 0 Å². The van der Waals surface area contributed by atoms with Gasteiger partial charge in [0.05, 0.1) is 5.41 Å². The van der Waals surface area contributed by atoms with E-state index in [0.29, 0.717) is 24.9 Å². The summed E-state index contributed by atoms with van der Waals surface area (Å²) in [6.45, 7) is 10.1. The van der Waals surface area contributed by atoms with Gasteiger partial charge in [-0.3, -0.25) is 14.4 Å². The third-order valence-electron chi connectivity index (χ3n) is 8.06. The number of likely N-dealkylation sites (tertiary alicyclic amines) is 3. The number of piperidine rings is 1. The molecule has 3 aliphatic heterocycles. The molecule has 3 amide bonds. The van der Waals surface area contributed by atoms with Crippen LogP contribution in [0.2, 0.25) is 0 Å². The molecule has 1 saturated carbocycles. The molecule has 4 aliphatic rings. The van der Waals surface area contributed by atoms with Gasteiger partial charge in [0.25, 0.3) is 0 Å². The van der Waals surface area contributed by atoms with Crippen LogP contribution in [-0.2, 0) is 14.4 Å². The van der Waals surface area contributed by atoms with Crippen LogP contribution in [0.1, 0.15) is 52.9 Å². The Morgan fingerprint density at radius 2 is 1.70 bits per heavy atom. The first-order valence-electron chi connectivity index (χ1n) is 10.7. The Hall–Kier alpha value is -1.59. The highest BCUT2D eigenvalue weighted by molar-refractivity contribution is 5.88. The Bertz CT molecular complexity index is 649. The quantitative estimate of drug-likeness (QED) is 0.739. The molecular weight excluding hydrogens is 342 g/mol. The smallest absolute Gasteiger partial charge is 0.231 e. The van der Waals surface area contributed by atoms with Crippen molar-refractivity contribution < 1.29 is 14.4 Å². The number of fused-ring (bicyclic) bond motifs is 1. The van der Waals surface area contributed by atoms with Crippen LogP contribution in [-0.4, -0.2) is 71.7 Å². The normalized spacial score (nSPS) is 35.2. The zero-order valence-electron chi connectivity index (χ0n) is 17.0. The van der Waals surface area contributed by atoms with E-state index in [1.807, 2.05) is 21.6 Å². The van der Waals surface area contributed by atoms with E-state index in [0.717, 1.165) is 58.3 Å². The van der Waals surface area contributed by atoms with Crippen molar-refractivity contribution in [3.63, 3.8) is 0 Å². The van der Waals surface area contributed by atoms with Crippen LogP contribution >= 0.6 is 0 Å². The van der Waals surface area contributed by atoms with Gasteiger partial charge in [-0.15, -0.1) is 0 Å². The van der Waals surface area contributed by atoms with Gasteiger partial charge in [-0.05, 0) is 44.9 Å². The molecule has 3 heterocycles. The summed E-state index contributed by atoms with van der Waals surface area (Å²) >= 11 is 0. The standard InChI is InChI=1S/C21H33N3O3/c1-4-22-10-7-21(19(22)27)14-24(16(3)25)13-20(21)5-8-23(9-6-20)18(26)17-11-15(2)12-17/h15,17H,4-14H2,1-3H3. The number of hydrogen-bond acceptors (Lipinski definition) is 3. The number of rotatable bonds is 2. The molecule has 1 unspecified atom stereocenters. The highest BCUT2D eigenvalue weighted by Gasteiger charge is 2.65. The van der Waals surface area contributed by atoms with Crippen molar-refractivity contribution in [3.05, 3.63) is 0 Å². The summed E-state index contributed by atoms with van der Waals surface area (Å²) in [7, 11) is 0. The first-order valence-corrected chi connectivity index (χ1v) is 10.7. The van der Waals surface area contributed by atoms with E-state index in [1.54, 1.807) is 6.92 Å². The molecule has 6 nitrogen and oxygen atoms in total. The molecule has 0 aromatic rings. The summed E-state index contributed by atoms with van der Waals surface area (Å²) in [5.74, 6) is 1.50. The Morgan fingerprint density at radius 1 is 1.04 bits per heavy atom. The minimum atomic E-state index is -0.436. The minimum Gasteiger partial charge on any atom is -0.342 e. The molecule has 0 aromatic heterocycles. The first-order chi connectivity index (χ1) is 12.8. The topological polar surface area (TPSA) is 60.9 Å². The van der Waals surface area contributed by atoms with Crippen molar-refractivity contribution in [2.24, 2.45) is 22.7 Å². The molecule has 0 radical (unpaired) electrons. The largest absolute Gasteiger partial charge is 0.342 e. The van der Waals surface area contributed by atoms with Gasteiger partial charge >= 0.3 is 0 Å². The van der Waals surface area contributed by atoms with Crippen molar-refractivity contribution >= 4 is 17.7 Å². The predicted molar refractivity (Wildman–Crippen MR) is 102 cm³/mol. The lowest BCUT2D eigenvalue weighted by atomic mass is 9.59. The number of amides is 3. The summed E-state index contributed by atoms with van der Waals surface area (Å²) in [5, 5.41) is 0. The van der Waals surface area contributed by atoms with Gasteiger partial charge in [-0.1, -0.05) is 6.92 Å². The predicted octanol–water partition coefficient (Wildman–Crippen LogP) is 1.74. The summed E-state index contributed by atoms with van der Waals surface area (Å²) in [6.07, 6.45) is 4.57. The molecule has 4 rings (SSSR count). The average molecular weight is 376 g/mol. The zero-order chi connectivity index (χ0) is 19.4. The minimum absolute atomic E-state index is 0.0657. The van der Waals surface area contributed by atoms with Crippen molar-refractivity contribution in [3.8, 4) is 0 Å². The summed E-state index contributed by atoms with van der Waals surface area (Å²) in [6, 6.07) is 0. The molecule has 2 spiro atoms. The molecule has 1 aliphatic carbocycles. The fraction of sp³-hybridized carbons (Fsp3) is 0.857. The van der Waals surface area contributed by atoms with Gasteiger partial charge in [0.15, 0.2) is 0 Å². The van der Waals surface area contributed by atoms with Gasteiger partial charge in [0, 0.05) is 57.5 Å². The summed E-state index contributed by atoms with van der Waals surface area (Å²) < 4.78 is 0. The van der Waals surface area contributed by atoms with Crippen LogP contribution < -0.4 is 0 Å².